The lowest BCUT2D eigenvalue weighted by atomic mass is 10.1. The van der Waals surface area contributed by atoms with E-state index in [2.05, 4.69) is 20.5 Å². The molecule has 0 aliphatic carbocycles. The number of nitrogens with zero attached hydrogens (tertiary/aromatic N) is 2. The molecular weight excluding hydrogens is 296 g/mol. The molecule has 0 saturated carbocycles. The van der Waals surface area contributed by atoms with Crippen LogP contribution in [0.3, 0.4) is 0 Å². The van der Waals surface area contributed by atoms with E-state index in [1.807, 2.05) is 14.0 Å². The number of hydrogen-bond acceptors (Lipinski definition) is 4. The van der Waals surface area contributed by atoms with E-state index in [1.165, 1.54) is 6.26 Å². The Hall–Kier alpha value is -2.02. The van der Waals surface area contributed by atoms with Gasteiger partial charge in [0, 0.05) is 39.2 Å². The molecule has 2 N–H and O–H groups in total. The minimum Gasteiger partial charge on any atom is -0.459 e. The summed E-state index contributed by atoms with van der Waals surface area (Å²) in [7, 11) is 2.03. The zero-order chi connectivity index (χ0) is 16.5. The van der Waals surface area contributed by atoms with E-state index >= 15 is 0 Å². The highest BCUT2D eigenvalue weighted by atomic mass is 16.5. The van der Waals surface area contributed by atoms with E-state index in [9.17, 15) is 4.79 Å². The number of carbonyl (C=O) groups is 1. The van der Waals surface area contributed by atoms with Crippen LogP contribution in [0.1, 0.15) is 23.9 Å². The number of rotatable bonds is 7. The maximum atomic E-state index is 11.7. The standard InChI is InChI=1S/C16H26N4O3/c1-3-17-16(20(2)11-13-6-10-22-12-13)19-8-7-18-15(21)14-5-4-9-23-14/h4-5,9,13H,3,6-8,10-12H2,1-2H3,(H,17,19)(H,18,21). The summed E-state index contributed by atoms with van der Waals surface area (Å²) in [5.41, 5.74) is 0. The van der Waals surface area contributed by atoms with Crippen LogP contribution in [0.5, 0.6) is 0 Å². The Morgan fingerprint density at radius 2 is 2.35 bits per heavy atom. The molecule has 0 bridgehead atoms. The average molecular weight is 322 g/mol. The number of aliphatic imine (C=N–C) groups is 1. The van der Waals surface area contributed by atoms with Gasteiger partial charge >= 0.3 is 0 Å². The fourth-order valence-electron chi connectivity index (χ4n) is 2.50. The minimum atomic E-state index is -0.216. The predicted octanol–water partition coefficient (Wildman–Crippen LogP) is 0.943. The summed E-state index contributed by atoms with van der Waals surface area (Å²) in [5.74, 6) is 1.51. The Morgan fingerprint density at radius 3 is 3.00 bits per heavy atom. The van der Waals surface area contributed by atoms with Crippen molar-refractivity contribution < 1.29 is 13.9 Å². The number of nitrogens with one attached hydrogen (secondary N) is 2. The summed E-state index contributed by atoms with van der Waals surface area (Å²) in [6, 6.07) is 3.33. The lowest BCUT2D eigenvalue weighted by Crippen LogP contribution is -2.42. The lowest BCUT2D eigenvalue weighted by molar-refractivity contribution is 0.0927. The number of carbonyl (C=O) groups excluding carboxylic acids is 1. The molecule has 1 saturated heterocycles. The molecule has 0 aromatic carbocycles. The van der Waals surface area contributed by atoms with Gasteiger partial charge in [-0.25, -0.2) is 0 Å². The van der Waals surface area contributed by atoms with Gasteiger partial charge in [0.05, 0.1) is 19.4 Å². The molecule has 128 valence electrons. The molecule has 1 aromatic rings. The second kappa shape index (κ2) is 9.19. The molecule has 0 radical (unpaired) electrons. The maximum absolute atomic E-state index is 11.7. The Balaban J connectivity index is 1.77. The van der Waals surface area contributed by atoms with E-state index in [4.69, 9.17) is 9.15 Å². The molecule has 1 aliphatic heterocycles. The van der Waals surface area contributed by atoms with E-state index in [0.29, 0.717) is 24.8 Å². The van der Waals surface area contributed by atoms with Crippen molar-refractivity contribution >= 4 is 11.9 Å². The third-order valence-corrected chi connectivity index (χ3v) is 3.66. The van der Waals surface area contributed by atoms with Crippen LogP contribution in [-0.2, 0) is 4.74 Å². The smallest absolute Gasteiger partial charge is 0.287 e. The molecule has 1 atom stereocenters. The Morgan fingerprint density at radius 1 is 1.48 bits per heavy atom. The number of furan rings is 1. The maximum Gasteiger partial charge on any atom is 0.287 e. The predicted molar refractivity (Wildman–Crippen MR) is 88.6 cm³/mol. The normalized spacial score (nSPS) is 18.0. The molecule has 7 heteroatoms. The van der Waals surface area contributed by atoms with Gasteiger partial charge < -0.3 is 24.7 Å². The zero-order valence-electron chi connectivity index (χ0n) is 13.9. The third-order valence-electron chi connectivity index (χ3n) is 3.66. The highest BCUT2D eigenvalue weighted by Gasteiger charge is 2.19. The van der Waals surface area contributed by atoms with E-state index in [0.717, 1.165) is 38.7 Å². The first kappa shape index (κ1) is 17.3. The molecule has 0 spiro atoms. The van der Waals surface area contributed by atoms with Crippen molar-refractivity contribution in [3.63, 3.8) is 0 Å². The fraction of sp³-hybridized carbons (Fsp3) is 0.625. The SMILES string of the molecule is CCNC(=NCCNC(=O)c1ccco1)N(C)CC1CCOC1. The quantitative estimate of drug-likeness (QED) is 0.444. The van der Waals surface area contributed by atoms with Crippen molar-refractivity contribution in [1.29, 1.82) is 0 Å². The van der Waals surface area contributed by atoms with E-state index < -0.39 is 0 Å². The molecule has 2 heterocycles. The van der Waals surface area contributed by atoms with Crippen LogP contribution in [-0.4, -0.2) is 63.2 Å². The number of ether oxygens (including phenoxy) is 1. The molecule has 1 fully saturated rings. The fourth-order valence-corrected chi connectivity index (χ4v) is 2.50. The minimum absolute atomic E-state index is 0.216. The first-order valence-corrected chi connectivity index (χ1v) is 8.09. The summed E-state index contributed by atoms with van der Waals surface area (Å²) >= 11 is 0. The van der Waals surface area contributed by atoms with Crippen molar-refractivity contribution in [3.05, 3.63) is 24.2 Å². The molecule has 2 rings (SSSR count). The largest absolute Gasteiger partial charge is 0.459 e. The Bertz CT molecular complexity index is 495. The van der Waals surface area contributed by atoms with Crippen molar-refractivity contribution in [2.24, 2.45) is 10.9 Å². The Labute approximate surface area is 137 Å². The molecule has 1 amide bonds. The van der Waals surface area contributed by atoms with Gasteiger partial charge in [-0.15, -0.1) is 0 Å². The van der Waals surface area contributed by atoms with Crippen LogP contribution >= 0.6 is 0 Å². The summed E-state index contributed by atoms with van der Waals surface area (Å²) in [6.45, 7) is 6.43. The molecular formula is C16H26N4O3. The Kier molecular flexibility index (Phi) is 6.93. The van der Waals surface area contributed by atoms with Crippen LogP contribution < -0.4 is 10.6 Å². The van der Waals surface area contributed by atoms with Gasteiger partial charge in [-0.3, -0.25) is 9.79 Å². The topological polar surface area (TPSA) is 79.1 Å². The van der Waals surface area contributed by atoms with Crippen molar-refractivity contribution in [2.75, 3.05) is 46.4 Å². The second-order valence-corrected chi connectivity index (χ2v) is 5.58. The van der Waals surface area contributed by atoms with Gasteiger partial charge in [-0.1, -0.05) is 0 Å². The number of hydrogen-bond donors (Lipinski definition) is 2. The summed E-state index contributed by atoms with van der Waals surface area (Å²) < 4.78 is 10.5. The second-order valence-electron chi connectivity index (χ2n) is 5.58. The molecule has 23 heavy (non-hydrogen) atoms. The van der Waals surface area contributed by atoms with Gasteiger partial charge in [-0.2, -0.15) is 0 Å². The van der Waals surface area contributed by atoms with Crippen LogP contribution in [0.15, 0.2) is 27.8 Å². The van der Waals surface area contributed by atoms with Crippen LogP contribution in [0.25, 0.3) is 0 Å². The monoisotopic (exact) mass is 322 g/mol. The summed E-state index contributed by atoms with van der Waals surface area (Å²) in [6.07, 6.45) is 2.58. The average Bonchev–Trinajstić information content (AvgIpc) is 3.23. The van der Waals surface area contributed by atoms with Crippen LogP contribution in [0.4, 0.5) is 0 Å². The van der Waals surface area contributed by atoms with Gasteiger partial charge in [0.2, 0.25) is 0 Å². The zero-order valence-corrected chi connectivity index (χ0v) is 13.9. The number of guanidine groups is 1. The number of amides is 1. The molecule has 1 aliphatic rings. The molecule has 7 nitrogen and oxygen atoms in total. The lowest BCUT2D eigenvalue weighted by Gasteiger charge is -2.24. The van der Waals surface area contributed by atoms with Gasteiger partial charge in [-0.05, 0) is 25.5 Å². The highest BCUT2D eigenvalue weighted by molar-refractivity contribution is 5.91. The van der Waals surface area contributed by atoms with Crippen LogP contribution in [0, 0.1) is 5.92 Å². The van der Waals surface area contributed by atoms with Gasteiger partial charge in [0.25, 0.3) is 5.91 Å². The van der Waals surface area contributed by atoms with Crippen molar-refractivity contribution in [2.45, 2.75) is 13.3 Å². The van der Waals surface area contributed by atoms with E-state index in [-0.39, 0.29) is 5.91 Å². The first-order chi connectivity index (χ1) is 11.2. The third kappa shape index (κ3) is 5.59. The van der Waals surface area contributed by atoms with Crippen molar-refractivity contribution in [1.82, 2.24) is 15.5 Å². The first-order valence-electron chi connectivity index (χ1n) is 8.09. The van der Waals surface area contributed by atoms with Crippen LogP contribution in [0.2, 0.25) is 0 Å². The van der Waals surface area contributed by atoms with Crippen molar-refractivity contribution in [3.8, 4) is 0 Å². The van der Waals surface area contributed by atoms with E-state index in [1.54, 1.807) is 12.1 Å². The summed E-state index contributed by atoms with van der Waals surface area (Å²) in [4.78, 5) is 18.4. The summed E-state index contributed by atoms with van der Waals surface area (Å²) in [5, 5.41) is 6.06. The van der Waals surface area contributed by atoms with Gasteiger partial charge in [0.1, 0.15) is 0 Å². The molecule has 1 aromatic heterocycles. The van der Waals surface area contributed by atoms with Gasteiger partial charge in [0.15, 0.2) is 11.7 Å². The highest BCUT2D eigenvalue weighted by Crippen LogP contribution is 2.13. The molecule has 1 unspecified atom stereocenters.